The molecule has 15 heavy (non-hydrogen) atoms. The molecule has 2 rings (SSSR count). The lowest BCUT2D eigenvalue weighted by molar-refractivity contribution is 1.02. The van der Waals surface area contributed by atoms with Crippen LogP contribution in [-0.2, 0) is 6.42 Å². The molecule has 0 aromatic carbocycles. The van der Waals surface area contributed by atoms with Crippen LogP contribution in [0.4, 0.5) is 11.5 Å². The second-order valence-corrected chi connectivity index (χ2v) is 4.12. The zero-order valence-electron chi connectivity index (χ0n) is 8.18. The quantitative estimate of drug-likeness (QED) is 0.824. The van der Waals surface area contributed by atoms with Gasteiger partial charge in [-0.3, -0.25) is 0 Å². The van der Waals surface area contributed by atoms with E-state index in [1.807, 2.05) is 0 Å². The lowest BCUT2D eigenvalue weighted by Gasteiger charge is -2.05. The summed E-state index contributed by atoms with van der Waals surface area (Å²) in [5.41, 5.74) is 6.28. The van der Waals surface area contributed by atoms with Crippen LogP contribution in [0.3, 0.4) is 0 Å². The Morgan fingerprint density at radius 2 is 2.40 bits per heavy atom. The molecule has 4 nitrogen and oxygen atoms in total. The topological polar surface area (TPSA) is 63.8 Å². The highest BCUT2D eigenvalue weighted by Crippen LogP contribution is 2.13. The summed E-state index contributed by atoms with van der Waals surface area (Å²) < 4.78 is 0. The Labute approximate surface area is 92.2 Å². The zero-order valence-corrected chi connectivity index (χ0v) is 9.00. The van der Waals surface area contributed by atoms with Gasteiger partial charge in [-0.15, -0.1) is 11.3 Å². The molecule has 0 aliphatic rings. The lowest BCUT2D eigenvalue weighted by atomic mass is 10.3. The van der Waals surface area contributed by atoms with Gasteiger partial charge in [0.05, 0.1) is 11.9 Å². The molecule has 3 N–H and O–H groups in total. The van der Waals surface area contributed by atoms with E-state index in [4.69, 9.17) is 5.73 Å². The van der Waals surface area contributed by atoms with Gasteiger partial charge in [0.25, 0.3) is 0 Å². The highest BCUT2D eigenvalue weighted by Gasteiger charge is 1.99. The second-order valence-electron chi connectivity index (χ2n) is 3.08. The molecule has 0 atom stereocenters. The molecule has 78 valence electrons. The van der Waals surface area contributed by atoms with Crippen LogP contribution in [0, 0.1) is 0 Å². The number of nitrogen functional groups attached to an aromatic ring is 1. The average molecular weight is 220 g/mol. The molecule has 5 heteroatoms. The molecule has 0 bridgehead atoms. The maximum absolute atomic E-state index is 5.70. The Kier molecular flexibility index (Phi) is 3.14. The normalized spacial score (nSPS) is 10.1. The minimum atomic E-state index is 0.587. The number of nitrogens with one attached hydrogen (secondary N) is 1. The summed E-state index contributed by atoms with van der Waals surface area (Å²) in [6.45, 7) is 0.835. The maximum Gasteiger partial charge on any atom is 0.152 e. The summed E-state index contributed by atoms with van der Waals surface area (Å²) in [6.07, 6.45) is 4.07. The van der Waals surface area contributed by atoms with Crippen molar-refractivity contribution in [3.8, 4) is 0 Å². The smallest absolute Gasteiger partial charge is 0.152 e. The van der Waals surface area contributed by atoms with Crippen LogP contribution in [-0.4, -0.2) is 16.5 Å². The molecule has 0 amide bonds. The number of aromatic nitrogens is 2. The molecular formula is C10H12N4S. The second kappa shape index (κ2) is 4.75. The molecule has 0 unspecified atom stereocenters. The van der Waals surface area contributed by atoms with Crippen molar-refractivity contribution in [2.45, 2.75) is 6.42 Å². The summed E-state index contributed by atoms with van der Waals surface area (Å²) in [5, 5.41) is 5.26. The molecule has 0 aliphatic heterocycles. The van der Waals surface area contributed by atoms with Gasteiger partial charge in [0, 0.05) is 11.4 Å². The van der Waals surface area contributed by atoms with E-state index in [2.05, 4.69) is 32.8 Å². The van der Waals surface area contributed by atoms with Gasteiger partial charge in [-0.2, -0.15) is 0 Å². The van der Waals surface area contributed by atoms with Gasteiger partial charge in [0.1, 0.15) is 6.33 Å². The zero-order chi connectivity index (χ0) is 10.5. The van der Waals surface area contributed by atoms with Crippen molar-refractivity contribution in [2.24, 2.45) is 0 Å². The van der Waals surface area contributed by atoms with Crippen LogP contribution >= 0.6 is 11.3 Å². The Hall–Kier alpha value is -1.62. The third-order valence-electron chi connectivity index (χ3n) is 1.98. The van der Waals surface area contributed by atoms with Crippen LogP contribution in [0.5, 0.6) is 0 Å². The highest BCUT2D eigenvalue weighted by atomic mass is 32.1. The predicted molar refractivity (Wildman–Crippen MR) is 63.0 cm³/mol. The van der Waals surface area contributed by atoms with Crippen LogP contribution < -0.4 is 11.1 Å². The minimum absolute atomic E-state index is 0.587. The Morgan fingerprint density at radius 3 is 3.13 bits per heavy atom. The van der Waals surface area contributed by atoms with Gasteiger partial charge < -0.3 is 11.1 Å². The summed E-state index contributed by atoms with van der Waals surface area (Å²) >= 11 is 1.76. The molecule has 2 aromatic heterocycles. The van der Waals surface area contributed by atoms with Crippen molar-refractivity contribution in [3.63, 3.8) is 0 Å². The standard InChI is InChI=1S/C10H12N4S/c11-9-6-12-7-14-10(9)13-4-3-8-2-1-5-15-8/h1-2,5-7H,3-4,11H2,(H,12,13,14). The van der Waals surface area contributed by atoms with E-state index >= 15 is 0 Å². The van der Waals surface area contributed by atoms with Gasteiger partial charge in [0.2, 0.25) is 0 Å². The number of rotatable bonds is 4. The van der Waals surface area contributed by atoms with Gasteiger partial charge in [0.15, 0.2) is 5.82 Å². The van der Waals surface area contributed by atoms with Crippen molar-refractivity contribution in [1.29, 1.82) is 0 Å². The summed E-state index contributed by atoms with van der Waals surface area (Å²) in [4.78, 5) is 9.24. The van der Waals surface area contributed by atoms with Crippen LogP contribution in [0.2, 0.25) is 0 Å². The monoisotopic (exact) mass is 220 g/mol. The largest absolute Gasteiger partial charge is 0.394 e. The maximum atomic E-state index is 5.70. The van der Waals surface area contributed by atoms with Gasteiger partial charge in [-0.1, -0.05) is 6.07 Å². The Bertz CT molecular complexity index is 413. The van der Waals surface area contributed by atoms with Crippen LogP contribution in [0.15, 0.2) is 30.0 Å². The molecule has 0 saturated heterocycles. The molecule has 0 radical (unpaired) electrons. The van der Waals surface area contributed by atoms with Gasteiger partial charge in [-0.25, -0.2) is 9.97 Å². The summed E-state index contributed by atoms with van der Waals surface area (Å²) in [6, 6.07) is 4.18. The third-order valence-corrected chi connectivity index (χ3v) is 2.92. The first-order valence-corrected chi connectivity index (χ1v) is 5.56. The Morgan fingerprint density at radius 1 is 1.47 bits per heavy atom. The fourth-order valence-corrected chi connectivity index (χ4v) is 1.96. The number of hydrogen-bond acceptors (Lipinski definition) is 5. The Balaban J connectivity index is 1.86. The lowest BCUT2D eigenvalue weighted by Crippen LogP contribution is -2.08. The first-order chi connectivity index (χ1) is 7.36. The van der Waals surface area contributed by atoms with E-state index in [-0.39, 0.29) is 0 Å². The minimum Gasteiger partial charge on any atom is -0.394 e. The fraction of sp³-hybridized carbons (Fsp3) is 0.200. The first kappa shape index (κ1) is 9.92. The van der Waals surface area contributed by atoms with Crippen molar-refractivity contribution in [2.75, 3.05) is 17.6 Å². The van der Waals surface area contributed by atoms with E-state index in [0.717, 1.165) is 13.0 Å². The van der Waals surface area contributed by atoms with Crippen molar-refractivity contribution in [1.82, 2.24) is 9.97 Å². The molecule has 0 saturated carbocycles. The highest BCUT2D eigenvalue weighted by molar-refractivity contribution is 7.09. The average Bonchev–Trinajstić information content (AvgIpc) is 2.74. The van der Waals surface area contributed by atoms with Gasteiger partial charge >= 0.3 is 0 Å². The first-order valence-electron chi connectivity index (χ1n) is 4.68. The van der Waals surface area contributed by atoms with E-state index in [1.165, 1.54) is 11.2 Å². The molecule has 2 aromatic rings. The molecule has 0 aliphatic carbocycles. The number of anilines is 2. The molecule has 0 fully saturated rings. The molecule has 2 heterocycles. The number of hydrogen-bond donors (Lipinski definition) is 2. The van der Waals surface area contributed by atoms with Crippen LogP contribution in [0.25, 0.3) is 0 Å². The third kappa shape index (κ3) is 2.66. The van der Waals surface area contributed by atoms with Crippen LogP contribution in [0.1, 0.15) is 4.88 Å². The molecular weight excluding hydrogens is 208 g/mol. The molecule has 0 spiro atoms. The fourth-order valence-electron chi connectivity index (χ4n) is 1.25. The van der Waals surface area contributed by atoms with Crippen molar-refractivity contribution in [3.05, 3.63) is 34.9 Å². The predicted octanol–water partition coefficient (Wildman–Crippen LogP) is 1.77. The SMILES string of the molecule is Nc1cncnc1NCCc1cccs1. The van der Waals surface area contributed by atoms with E-state index in [1.54, 1.807) is 17.5 Å². The van der Waals surface area contributed by atoms with E-state index < -0.39 is 0 Å². The van der Waals surface area contributed by atoms with E-state index in [0.29, 0.717) is 11.5 Å². The number of nitrogens with zero attached hydrogens (tertiary/aromatic N) is 2. The number of thiophene rings is 1. The summed E-state index contributed by atoms with van der Waals surface area (Å²) in [7, 11) is 0. The van der Waals surface area contributed by atoms with Crippen molar-refractivity contribution < 1.29 is 0 Å². The van der Waals surface area contributed by atoms with Crippen molar-refractivity contribution >= 4 is 22.8 Å². The van der Waals surface area contributed by atoms with E-state index in [9.17, 15) is 0 Å². The van der Waals surface area contributed by atoms with Gasteiger partial charge in [-0.05, 0) is 17.9 Å². The number of nitrogens with two attached hydrogens (primary N) is 1. The summed E-state index contributed by atoms with van der Waals surface area (Å²) in [5.74, 6) is 0.710.